The fourth-order valence-electron chi connectivity index (χ4n) is 13.3. The van der Waals surface area contributed by atoms with Gasteiger partial charge in [0.2, 0.25) is 0 Å². The lowest BCUT2D eigenvalue weighted by atomic mass is 9.82. The molecule has 0 N–H and O–H groups in total. The van der Waals surface area contributed by atoms with Gasteiger partial charge in [0.25, 0.3) is 0 Å². The highest BCUT2D eigenvalue weighted by Crippen LogP contribution is 2.52. The first-order valence-corrected chi connectivity index (χ1v) is 26.1. The van der Waals surface area contributed by atoms with Gasteiger partial charge in [0.15, 0.2) is 0 Å². The van der Waals surface area contributed by atoms with E-state index in [1.807, 2.05) is 0 Å². The third kappa shape index (κ3) is 7.34. The van der Waals surface area contributed by atoms with E-state index in [-0.39, 0.29) is 12.0 Å². The molecule has 0 amide bonds. The Morgan fingerprint density at radius 1 is 0.618 bits per heavy atom. The molecule has 0 saturated heterocycles. The zero-order chi connectivity index (χ0) is 45.0. The molecule has 0 bridgehead atoms. The lowest BCUT2D eigenvalue weighted by Gasteiger charge is -2.45. The molecule has 1 aliphatic heterocycles. The third-order valence-corrected chi connectivity index (χ3v) is 16.4. The predicted octanol–water partition coefficient (Wildman–Crippen LogP) is 16.2. The molecule has 5 aromatic rings. The maximum Gasteiger partial charge on any atom is 0.125 e. The summed E-state index contributed by atoms with van der Waals surface area (Å²) in [6.45, 7) is 0. The highest BCUT2D eigenvalue weighted by Gasteiger charge is 2.39. The second-order valence-electron chi connectivity index (χ2n) is 20.3. The van der Waals surface area contributed by atoms with E-state index in [1.54, 1.807) is 11.3 Å². The molecule has 0 spiro atoms. The van der Waals surface area contributed by atoms with Gasteiger partial charge in [-0.25, -0.2) is 0 Å². The van der Waals surface area contributed by atoms with Crippen LogP contribution in [0.15, 0.2) is 164 Å². The van der Waals surface area contributed by atoms with Crippen molar-refractivity contribution in [2.75, 3.05) is 4.90 Å². The van der Waals surface area contributed by atoms with Crippen LogP contribution in [0.3, 0.4) is 0 Å². The van der Waals surface area contributed by atoms with E-state index in [4.69, 9.17) is 4.74 Å². The van der Waals surface area contributed by atoms with E-state index in [2.05, 4.69) is 178 Å². The van der Waals surface area contributed by atoms with Crippen LogP contribution in [0.2, 0.25) is 0 Å². The highest BCUT2D eigenvalue weighted by atomic mass is 16.5. The summed E-state index contributed by atoms with van der Waals surface area (Å²) in [5.74, 6) is 1.30. The Labute approximate surface area is 403 Å². The van der Waals surface area contributed by atoms with E-state index in [1.165, 1.54) is 91.2 Å². The summed E-state index contributed by atoms with van der Waals surface area (Å²) in [6, 6.07) is 31.2. The van der Waals surface area contributed by atoms with Crippen LogP contribution in [0.1, 0.15) is 128 Å². The van der Waals surface area contributed by atoms with E-state index in [9.17, 15) is 0 Å². The summed E-state index contributed by atoms with van der Waals surface area (Å²) in [5, 5.41) is 1.45. The number of allylic oxidation sites excluding steroid dienone is 15. The largest absolute Gasteiger partial charge is 0.489 e. The Morgan fingerprint density at radius 2 is 1.49 bits per heavy atom. The molecule has 4 unspecified atom stereocenters. The van der Waals surface area contributed by atoms with Crippen molar-refractivity contribution in [2.45, 2.75) is 127 Å². The summed E-state index contributed by atoms with van der Waals surface area (Å²) in [6.07, 6.45) is 51.5. The van der Waals surface area contributed by atoms with Gasteiger partial charge in [0.1, 0.15) is 11.9 Å². The monoisotopic (exact) mass is 889 g/mol. The van der Waals surface area contributed by atoms with Crippen LogP contribution in [0.5, 0.6) is 5.75 Å². The molecule has 13 rings (SSSR count). The normalized spacial score (nSPS) is 23.4. The van der Waals surface area contributed by atoms with Gasteiger partial charge in [-0.3, -0.25) is 0 Å². The maximum absolute atomic E-state index is 6.72. The van der Waals surface area contributed by atoms with Crippen LogP contribution in [0.25, 0.3) is 33.8 Å². The lowest BCUT2D eigenvalue weighted by molar-refractivity contribution is 0.152. The molecule has 8 aliphatic rings. The van der Waals surface area contributed by atoms with Crippen LogP contribution in [-0.4, -0.2) is 27.7 Å². The van der Waals surface area contributed by atoms with Crippen molar-refractivity contribution in [3.63, 3.8) is 0 Å². The van der Waals surface area contributed by atoms with Crippen LogP contribution in [-0.2, 0) is 19.3 Å². The number of ether oxygens (including phenoxy) is 1. The maximum atomic E-state index is 6.72. The second kappa shape index (κ2) is 17.9. The lowest BCUT2D eigenvalue weighted by Crippen LogP contribution is -2.46. The highest BCUT2D eigenvalue weighted by molar-refractivity contribution is 5.91. The number of aromatic nitrogens is 1. The fraction of sp³-hybridized carbons (Fsp3) is 0.312. The molecule has 4 nitrogen and oxygen atoms in total. The molecule has 1 aromatic heterocycles. The zero-order valence-electron chi connectivity index (χ0n) is 39.5. The van der Waals surface area contributed by atoms with Crippen molar-refractivity contribution >= 4 is 50.9 Å². The van der Waals surface area contributed by atoms with Crippen LogP contribution >= 0.6 is 0 Å². The number of nitrogens with zero attached hydrogens (tertiary/aromatic N) is 3. The number of aryl methyl sites for hydroxylation is 1. The van der Waals surface area contributed by atoms with Crippen molar-refractivity contribution in [3.05, 3.63) is 203 Å². The van der Waals surface area contributed by atoms with E-state index >= 15 is 0 Å². The first-order chi connectivity index (χ1) is 33.7. The molecule has 0 saturated carbocycles. The Morgan fingerprint density at radius 3 is 2.32 bits per heavy atom. The predicted molar refractivity (Wildman–Crippen MR) is 285 cm³/mol. The average molecular weight is 890 g/mol. The second-order valence-corrected chi connectivity index (χ2v) is 20.3. The van der Waals surface area contributed by atoms with Gasteiger partial charge >= 0.3 is 0 Å². The van der Waals surface area contributed by atoms with Crippen molar-refractivity contribution in [1.29, 1.82) is 0 Å². The summed E-state index contributed by atoms with van der Waals surface area (Å²) >= 11 is 0. The van der Waals surface area contributed by atoms with Gasteiger partial charge in [-0.2, -0.15) is 0 Å². The van der Waals surface area contributed by atoms with Gasteiger partial charge in [0.05, 0.1) is 11.2 Å². The molecule has 2 heterocycles. The van der Waals surface area contributed by atoms with Crippen molar-refractivity contribution in [2.24, 2.45) is 0 Å². The van der Waals surface area contributed by atoms with E-state index in [0.717, 1.165) is 95.6 Å². The molecule has 340 valence electrons. The average Bonchev–Trinajstić information content (AvgIpc) is 3.96. The van der Waals surface area contributed by atoms with Crippen LogP contribution in [0, 0.1) is 0 Å². The first kappa shape index (κ1) is 41.7. The Kier molecular flexibility index (Phi) is 10.9. The molecule has 7 aliphatic carbocycles. The number of benzene rings is 4. The molecule has 4 heteroatoms. The summed E-state index contributed by atoms with van der Waals surface area (Å²) < 4.78 is 9.35. The number of para-hydroxylation sites is 1. The molecular formula is C64H63N3O. The van der Waals surface area contributed by atoms with Crippen LogP contribution < -0.4 is 9.64 Å². The number of anilines is 3. The van der Waals surface area contributed by atoms with Crippen molar-refractivity contribution in [3.8, 4) is 5.75 Å². The number of fused-ring (bicyclic) bond motifs is 7. The molecule has 0 fully saturated rings. The number of hydrogen-bond acceptors (Lipinski definition) is 3. The summed E-state index contributed by atoms with van der Waals surface area (Å²) in [4.78, 5) is 5.51. The molecule has 4 aromatic carbocycles. The Balaban J connectivity index is 0.852. The van der Waals surface area contributed by atoms with Gasteiger partial charge in [0, 0.05) is 63.8 Å². The SMILES string of the molecule is C1=CCCC(N(C2CC=C(c3ccc(N(c4ccc(C5=CCCC=C5)cc4)c4cccc5c4C4C=CCCC4O5)c4c3C=CCC4)CC2)C2CCc3c(n(C4=CCCC=C4)c4ccccc34)C2)=C1. The standard InChI is InChI=1S/C64H63N3O/c1-4-17-44(18-5-1)45-31-35-50(36-32-45)66(60-28-16-30-63-64(60)57-26-13-15-29-62(57)68-63)59-42-41-52(53-23-10-11-24-54(53)59)46-33-37-49(38-34-46)65(47-19-6-2-7-20-47)51-39-40-56-55-25-12-14-27-58(55)67(61(56)43-51)48-21-8-3-9-22-48/h2,4,6,8,10,12-14,16-19,21-23,25-28,30-33,35-36,41-42,49,51,57,62H,1,3,5,7,9,11,15,20,24,29,34,37-40,43H2. The topological polar surface area (TPSA) is 20.6 Å². The zero-order valence-corrected chi connectivity index (χ0v) is 39.5. The summed E-state index contributed by atoms with van der Waals surface area (Å²) in [7, 11) is 0. The molecule has 68 heavy (non-hydrogen) atoms. The number of rotatable bonds is 9. The van der Waals surface area contributed by atoms with Crippen LogP contribution in [0.4, 0.5) is 17.1 Å². The van der Waals surface area contributed by atoms with Crippen molar-refractivity contribution in [1.82, 2.24) is 9.47 Å². The van der Waals surface area contributed by atoms with Gasteiger partial charge in [-0.05, 0) is 184 Å². The van der Waals surface area contributed by atoms with Gasteiger partial charge < -0.3 is 19.1 Å². The van der Waals surface area contributed by atoms with E-state index in [0.29, 0.717) is 12.1 Å². The van der Waals surface area contributed by atoms with Crippen molar-refractivity contribution < 1.29 is 4.74 Å². The quantitative estimate of drug-likeness (QED) is 0.138. The smallest absolute Gasteiger partial charge is 0.125 e. The minimum atomic E-state index is 0.201. The Bertz CT molecular complexity index is 3080. The fourth-order valence-corrected chi connectivity index (χ4v) is 13.3. The minimum absolute atomic E-state index is 0.201. The minimum Gasteiger partial charge on any atom is -0.489 e. The van der Waals surface area contributed by atoms with E-state index < -0.39 is 0 Å². The van der Waals surface area contributed by atoms with Gasteiger partial charge in [-0.15, -0.1) is 0 Å². The first-order valence-electron chi connectivity index (χ1n) is 26.1. The van der Waals surface area contributed by atoms with Gasteiger partial charge in [-0.1, -0.05) is 115 Å². The number of hydrogen-bond donors (Lipinski definition) is 0. The Hall–Kier alpha value is -6.52. The summed E-state index contributed by atoms with van der Waals surface area (Å²) in [5.41, 5.74) is 20.9. The molecular weight excluding hydrogens is 827 g/mol. The molecule has 4 atom stereocenters. The molecule has 0 radical (unpaired) electrons. The third-order valence-electron chi connectivity index (χ3n) is 16.4.